The lowest BCUT2D eigenvalue weighted by molar-refractivity contribution is -0.117. The van der Waals surface area contributed by atoms with Gasteiger partial charge in [0.1, 0.15) is 16.2 Å². The molecular formula is C17H14BrN3O. The molecule has 1 unspecified atom stereocenters. The topological polar surface area (TPSA) is 65.8 Å². The van der Waals surface area contributed by atoms with Crippen molar-refractivity contribution < 1.29 is 4.79 Å². The molecule has 2 aromatic rings. The van der Waals surface area contributed by atoms with E-state index >= 15 is 0 Å². The Balaban J connectivity index is 2.14. The molecule has 22 heavy (non-hydrogen) atoms. The van der Waals surface area contributed by atoms with E-state index in [1.165, 1.54) is 6.08 Å². The van der Waals surface area contributed by atoms with Crippen LogP contribution in [0.15, 0.2) is 58.7 Å². The molecule has 0 spiro atoms. The van der Waals surface area contributed by atoms with Crippen LogP contribution in [0.2, 0.25) is 0 Å². The van der Waals surface area contributed by atoms with Gasteiger partial charge in [-0.3, -0.25) is 4.79 Å². The van der Waals surface area contributed by atoms with Crippen LogP contribution in [0, 0.1) is 11.3 Å². The summed E-state index contributed by atoms with van der Waals surface area (Å²) in [6.45, 7) is 1.87. The van der Waals surface area contributed by atoms with Gasteiger partial charge >= 0.3 is 0 Å². The number of carbonyl (C=O) groups excluding carboxylic acids is 1. The Morgan fingerprint density at radius 3 is 2.64 bits per heavy atom. The zero-order valence-electron chi connectivity index (χ0n) is 12.0. The van der Waals surface area contributed by atoms with Gasteiger partial charge in [-0.25, -0.2) is 4.98 Å². The second kappa shape index (κ2) is 7.53. The van der Waals surface area contributed by atoms with Gasteiger partial charge in [0.2, 0.25) is 0 Å². The number of rotatable bonds is 4. The summed E-state index contributed by atoms with van der Waals surface area (Å²) in [7, 11) is 0. The van der Waals surface area contributed by atoms with E-state index in [0.29, 0.717) is 10.3 Å². The van der Waals surface area contributed by atoms with Crippen LogP contribution in [0.25, 0.3) is 6.08 Å². The summed E-state index contributed by atoms with van der Waals surface area (Å²) in [5, 5.41) is 12.0. The number of nitrogens with zero attached hydrogens (tertiary/aromatic N) is 2. The van der Waals surface area contributed by atoms with Crippen molar-refractivity contribution in [3.8, 4) is 6.07 Å². The number of pyridine rings is 1. The lowest BCUT2D eigenvalue weighted by Crippen LogP contribution is -2.27. The molecule has 110 valence electrons. The van der Waals surface area contributed by atoms with E-state index in [-0.39, 0.29) is 11.6 Å². The number of halogens is 1. The SMILES string of the molecule is CC(NC(=O)/C(C#N)=C/c1cccc(Br)n1)c1ccccc1. The molecule has 0 aliphatic rings. The first-order chi connectivity index (χ1) is 10.6. The molecule has 0 saturated carbocycles. The standard InChI is InChI=1S/C17H14BrN3O/c1-12(13-6-3-2-4-7-13)20-17(22)14(11-19)10-15-8-5-9-16(18)21-15/h2-10,12H,1H3,(H,20,22)/b14-10+. The summed E-state index contributed by atoms with van der Waals surface area (Å²) in [5.41, 5.74) is 1.55. The third kappa shape index (κ3) is 4.27. The first-order valence-corrected chi connectivity index (χ1v) is 7.49. The monoisotopic (exact) mass is 355 g/mol. The van der Waals surface area contributed by atoms with Crippen LogP contribution >= 0.6 is 15.9 Å². The van der Waals surface area contributed by atoms with Crippen LogP contribution in [-0.2, 0) is 4.79 Å². The predicted molar refractivity (Wildman–Crippen MR) is 88.5 cm³/mol. The second-order valence-electron chi connectivity index (χ2n) is 4.66. The molecule has 1 aromatic carbocycles. The lowest BCUT2D eigenvalue weighted by Gasteiger charge is -2.13. The molecule has 0 fully saturated rings. The zero-order valence-corrected chi connectivity index (χ0v) is 13.5. The van der Waals surface area contributed by atoms with Gasteiger partial charge in [0.25, 0.3) is 5.91 Å². The summed E-state index contributed by atoms with van der Waals surface area (Å²) >= 11 is 3.26. The number of hydrogen-bond donors (Lipinski definition) is 1. The van der Waals surface area contributed by atoms with E-state index < -0.39 is 5.91 Å². The fourth-order valence-electron chi connectivity index (χ4n) is 1.90. The number of amides is 1. The Bertz CT molecular complexity index is 735. The van der Waals surface area contributed by atoms with Gasteiger partial charge < -0.3 is 5.32 Å². The number of hydrogen-bond acceptors (Lipinski definition) is 3. The van der Waals surface area contributed by atoms with Gasteiger partial charge in [0, 0.05) is 0 Å². The highest BCUT2D eigenvalue weighted by Crippen LogP contribution is 2.13. The maximum Gasteiger partial charge on any atom is 0.262 e. The van der Waals surface area contributed by atoms with Crippen LogP contribution in [0.1, 0.15) is 24.2 Å². The highest BCUT2D eigenvalue weighted by atomic mass is 79.9. The highest BCUT2D eigenvalue weighted by Gasteiger charge is 2.13. The molecule has 1 N–H and O–H groups in total. The molecule has 0 aliphatic carbocycles. The maximum atomic E-state index is 12.2. The van der Waals surface area contributed by atoms with E-state index in [2.05, 4.69) is 26.2 Å². The minimum atomic E-state index is -0.416. The number of nitrogens with one attached hydrogen (secondary N) is 1. The largest absolute Gasteiger partial charge is 0.345 e. The summed E-state index contributed by atoms with van der Waals surface area (Å²) < 4.78 is 0.650. The highest BCUT2D eigenvalue weighted by molar-refractivity contribution is 9.10. The first-order valence-electron chi connectivity index (χ1n) is 6.70. The molecule has 2 rings (SSSR count). The van der Waals surface area contributed by atoms with Crippen LogP contribution in [-0.4, -0.2) is 10.9 Å². The fraction of sp³-hybridized carbons (Fsp3) is 0.118. The average Bonchev–Trinajstić information content (AvgIpc) is 2.53. The van der Waals surface area contributed by atoms with Crippen LogP contribution in [0.3, 0.4) is 0 Å². The van der Waals surface area contributed by atoms with Gasteiger partial charge in [-0.2, -0.15) is 5.26 Å². The quantitative estimate of drug-likeness (QED) is 0.517. The fourth-order valence-corrected chi connectivity index (χ4v) is 2.26. The van der Waals surface area contributed by atoms with Gasteiger partial charge in [-0.15, -0.1) is 0 Å². The molecule has 0 bridgehead atoms. The van der Waals surface area contributed by atoms with Gasteiger partial charge in [-0.1, -0.05) is 36.4 Å². The smallest absolute Gasteiger partial charge is 0.262 e. The van der Waals surface area contributed by atoms with Gasteiger partial charge in [-0.05, 0) is 46.6 Å². The van der Waals surface area contributed by atoms with E-state index in [1.54, 1.807) is 18.2 Å². The molecule has 0 aliphatic heterocycles. The molecule has 0 saturated heterocycles. The number of benzene rings is 1. The third-order valence-electron chi connectivity index (χ3n) is 3.04. The molecule has 4 nitrogen and oxygen atoms in total. The predicted octanol–water partition coefficient (Wildman–Crippen LogP) is 3.63. The van der Waals surface area contributed by atoms with Crippen molar-refractivity contribution in [3.63, 3.8) is 0 Å². The summed E-state index contributed by atoms with van der Waals surface area (Å²) in [5.74, 6) is -0.416. The maximum absolute atomic E-state index is 12.2. The van der Waals surface area contributed by atoms with E-state index in [9.17, 15) is 10.1 Å². The van der Waals surface area contributed by atoms with E-state index in [0.717, 1.165) is 5.56 Å². The minimum absolute atomic E-state index is 0.0216. The van der Waals surface area contributed by atoms with Crippen molar-refractivity contribution >= 4 is 27.9 Å². The summed E-state index contributed by atoms with van der Waals surface area (Å²) in [6, 6.07) is 16.6. The Morgan fingerprint density at radius 2 is 2.00 bits per heavy atom. The molecule has 1 amide bonds. The van der Waals surface area contributed by atoms with Gasteiger partial charge in [0.15, 0.2) is 0 Å². The van der Waals surface area contributed by atoms with Crippen molar-refractivity contribution in [2.75, 3.05) is 0 Å². The number of aromatic nitrogens is 1. The van der Waals surface area contributed by atoms with Crippen molar-refractivity contribution in [2.24, 2.45) is 0 Å². The Morgan fingerprint density at radius 1 is 1.27 bits per heavy atom. The molecule has 5 heteroatoms. The Labute approximate surface area is 137 Å². The Kier molecular flexibility index (Phi) is 5.45. The molecule has 1 heterocycles. The van der Waals surface area contributed by atoms with Crippen LogP contribution in [0.5, 0.6) is 0 Å². The van der Waals surface area contributed by atoms with Crippen molar-refractivity contribution in [1.82, 2.24) is 10.3 Å². The van der Waals surface area contributed by atoms with Crippen molar-refractivity contribution in [1.29, 1.82) is 5.26 Å². The molecule has 1 aromatic heterocycles. The first kappa shape index (κ1) is 15.9. The minimum Gasteiger partial charge on any atom is -0.345 e. The van der Waals surface area contributed by atoms with Gasteiger partial charge in [0.05, 0.1) is 11.7 Å². The summed E-state index contributed by atoms with van der Waals surface area (Å²) in [4.78, 5) is 16.4. The number of nitriles is 1. The second-order valence-corrected chi connectivity index (χ2v) is 5.47. The molecular weight excluding hydrogens is 342 g/mol. The van der Waals surface area contributed by atoms with Crippen molar-refractivity contribution in [2.45, 2.75) is 13.0 Å². The molecule has 0 radical (unpaired) electrons. The van der Waals surface area contributed by atoms with Crippen LogP contribution < -0.4 is 5.32 Å². The average molecular weight is 356 g/mol. The van der Waals surface area contributed by atoms with Crippen LogP contribution in [0.4, 0.5) is 0 Å². The van der Waals surface area contributed by atoms with E-state index in [1.807, 2.05) is 43.3 Å². The van der Waals surface area contributed by atoms with Crippen molar-refractivity contribution in [3.05, 3.63) is 70.0 Å². The van der Waals surface area contributed by atoms with E-state index in [4.69, 9.17) is 0 Å². The lowest BCUT2D eigenvalue weighted by atomic mass is 10.1. The number of carbonyl (C=O) groups is 1. The molecule has 1 atom stereocenters. The zero-order chi connectivity index (χ0) is 15.9. The normalized spacial score (nSPS) is 12.3. The Hall–Kier alpha value is -2.45. The summed E-state index contributed by atoms with van der Waals surface area (Å²) in [6.07, 6.45) is 1.47. The third-order valence-corrected chi connectivity index (χ3v) is 3.48.